The van der Waals surface area contributed by atoms with Gasteiger partial charge in [-0.25, -0.2) is 4.68 Å². The molecule has 5 nitrogen and oxygen atoms in total. The number of carbonyl (C=O) groups excluding carboxylic acids is 1. The molecular formula is C28H30N4OS2. The van der Waals surface area contributed by atoms with Crippen molar-refractivity contribution < 1.29 is 4.79 Å². The highest BCUT2D eigenvalue weighted by atomic mass is 32.2. The second kappa shape index (κ2) is 11.3. The largest absolute Gasteiger partial charge is 0.351 e. The van der Waals surface area contributed by atoms with E-state index in [1.54, 1.807) is 0 Å². The summed E-state index contributed by atoms with van der Waals surface area (Å²) in [6.45, 7) is 4.18. The van der Waals surface area contributed by atoms with Crippen molar-refractivity contribution >= 4 is 40.7 Å². The highest BCUT2D eigenvalue weighted by Crippen LogP contribution is 2.34. The molecule has 2 aliphatic rings. The zero-order valence-corrected chi connectivity index (χ0v) is 21.7. The van der Waals surface area contributed by atoms with E-state index in [9.17, 15) is 4.79 Å². The maximum Gasteiger partial charge on any atom is 0.286 e. The third-order valence-electron chi connectivity index (χ3n) is 6.18. The lowest BCUT2D eigenvalue weighted by atomic mass is 10.1. The fourth-order valence-corrected chi connectivity index (χ4v) is 6.19. The van der Waals surface area contributed by atoms with Crippen LogP contribution < -0.4 is 0 Å². The van der Waals surface area contributed by atoms with Crippen LogP contribution in [0.1, 0.15) is 44.6 Å². The minimum absolute atomic E-state index is 0.156. The summed E-state index contributed by atoms with van der Waals surface area (Å²) in [4.78, 5) is 21.3. The van der Waals surface area contributed by atoms with Crippen molar-refractivity contribution in [1.82, 2.24) is 14.7 Å². The number of hydrogen-bond donors (Lipinski definition) is 0. The van der Waals surface area contributed by atoms with E-state index in [4.69, 9.17) is 5.10 Å². The monoisotopic (exact) mass is 502 g/mol. The number of aromatic nitrogens is 2. The predicted octanol–water partition coefficient (Wildman–Crippen LogP) is 6.89. The topological polar surface area (TPSA) is 50.5 Å². The number of nitrogens with zero attached hydrogens (tertiary/aromatic N) is 4. The van der Waals surface area contributed by atoms with Crippen molar-refractivity contribution in [3.63, 3.8) is 0 Å². The first-order valence-electron chi connectivity index (χ1n) is 12.4. The molecule has 35 heavy (non-hydrogen) atoms. The number of para-hydroxylation sites is 1. The van der Waals surface area contributed by atoms with Crippen LogP contribution in [0.25, 0.3) is 23.0 Å². The molecule has 1 amide bonds. The van der Waals surface area contributed by atoms with E-state index in [0.29, 0.717) is 4.91 Å². The van der Waals surface area contributed by atoms with Crippen molar-refractivity contribution in [2.24, 2.45) is 4.99 Å². The van der Waals surface area contributed by atoms with E-state index in [2.05, 4.69) is 41.1 Å². The summed E-state index contributed by atoms with van der Waals surface area (Å²) in [7, 11) is 0. The lowest BCUT2D eigenvalue weighted by Gasteiger charge is -2.27. The van der Waals surface area contributed by atoms with Crippen LogP contribution in [0, 0.1) is 0 Å². The standard InChI is InChI=1S/C28H30N4OS2/c1-2-3-18-34-24-14-12-21(13-15-24)26-22(20-32(30-26)23-10-6-4-7-11-23)19-25-27(33)29-28(35-25)31-16-8-5-9-17-31/h4,6-7,10-15,19-20H,2-3,5,8-9,16-18H2,1H3. The van der Waals surface area contributed by atoms with Gasteiger partial charge >= 0.3 is 0 Å². The average Bonchev–Trinajstić information content (AvgIpc) is 3.49. The van der Waals surface area contributed by atoms with Gasteiger partial charge in [0.25, 0.3) is 5.91 Å². The summed E-state index contributed by atoms with van der Waals surface area (Å²) >= 11 is 3.38. The fourth-order valence-electron chi connectivity index (χ4n) is 4.23. The van der Waals surface area contributed by atoms with E-state index in [-0.39, 0.29) is 5.91 Å². The first-order valence-corrected chi connectivity index (χ1v) is 14.2. The summed E-state index contributed by atoms with van der Waals surface area (Å²) in [5.41, 5.74) is 3.82. The number of amides is 1. The third kappa shape index (κ3) is 5.73. The number of unbranched alkanes of at least 4 members (excludes halogenated alkanes) is 1. The molecule has 0 atom stereocenters. The Labute approximate surface area is 215 Å². The highest BCUT2D eigenvalue weighted by Gasteiger charge is 2.27. The van der Waals surface area contributed by atoms with Gasteiger partial charge < -0.3 is 4.90 Å². The summed E-state index contributed by atoms with van der Waals surface area (Å²) in [5, 5.41) is 5.77. The van der Waals surface area contributed by atoms with Crippen molar-refractivity contribution in [1.29, 1.82) is 0 Å². The molecule has 0 spiro atoms. The molecule has 7 heteroatoms. The molecule has 0 bridgehead atoms. The number of hydrogen-bond acceptors (Lipinski definition) is 5. The fraction of sp³-hybridized carbons (Fsp3) is 0.321. The summed E-state index contributed by atoms with van der Waals surface area (Å²) in [6, 6.07) is 18.7. The smallest absolute Gasteiger partial charge is 0.286 e. The van der Waals surface area contributed by atoms with Crippen LogP contribution in [0.2, 0.25) is 0 Å². The number of aliphatic imine (C=N–C) groups is 1. The molecule has 1 fully saturated rings. The Kier molecular flexibility index (Phi) is 7.74. The van der Waals surface area contributed by atoms with Gasteiger partial charge in [0.05, 0.1) is 16.3 Å². The molecule has 2 aliphatic heterocycles. The van der Waals surface area contributed by atoms with Gasteiger partial charge in [-0.05, 0) is 73.5 Å². The van der Waals surface area contributed by atoms with E-state index >= 15 is 0 Å². The summed E-state index contributed by atoms with van der Waals surface area (Å²) < 4.78 is 1.89. The average molecular weight is 503 g/mol. The summed E-state index contributed by atoms with van der Waals surface area (Å²) in [6.07, 6.45) is 9.97. The van der Waals surface area contributed by atoms with Crippen LogP contribution in [0.5, 0.6) is 0 Å². The lowest BCUT2D eigenvalue weighted by molar-refractivity contribution is -0.113. The molecule has 0 radical (unpaired) electrons. The second-order valence-corrected chi connectivity index (χ2v) is 11.0. The molecule has 0 aliphatic carbocycles. The number of piperidine rings is 1. The second-order valence-electron chi connectivity index (χ2n) is 8.80. The Morgan fingerprint density at radius 2 is 1.80 bits per heavy atom. The minimum Gasteiger partial charge on any atom is -0.351 e. The molecule has 180 valence electrons. The lowest BCUT2D eigenvalue weighted by Crippen LogP contribution is -2.33. The van der Waals surface area contributed by atoms with Gasteiger partial charge in [-0.15, -0.1) is 11.8 Å². The third-order valence-corrected chi connectivity index (χ3v) is 8.32. The number of likely N-dealkylation sites (tertiary alicyclic amines) is 1. The van der Waals surface area contributed by atoms with Crippen LogP contribution in [0.15, 0.2) is 75.6 Å². The van der Waals surface area contributed by atoms with Gasteiger partial charge in [0, 0.05) is 35.3 Å². The molecular weight excluding hydrogens is 472 g/mol. The van der Waals surface area contributed by atoms with Crippen molar-refractivity contribution in [3.8, 4) is 16.9 Å². The van der Waals surface area contributed by atoms with Gasteiger partial charge in [-0.3, -0.25) is 4.79 Å². The normalized spacial score (nSPS) is 17.3. The molecule has 1 saturated heterocycles. The zero-order valence-electron chi connectivity index (χ0n) is 20.0. The van der Waals surface area contributed by atoms with E-state index in [1.165, 1.54) is 35.9 Å². The first-order chi connectivity index (χ1) is 17.2. The molecule has 0 unspecified atom stereocenters. The Morgan fingerprint density at radius 3 is 2.54 bits per heavy atom. The number of benzene rings is 2. The molecule has 5 rings (SSSR count). The maximum atomic E-state index is 12.8. The molecule has 0 N–H and O–H groups in total. The summed E-state index contributed by atoms with van der Waals surface area (Å²) in [5.74, 6) is 0.978. The molecule has 3 heterocycles. The van der Waals surface area contributed by atoms with Crippen LogP contribution in [0.3, 0.4) is 0 Å². The number of amidine groups is 1. The number of carbonyl (C=O) groups is 1. The molecule has 3 aromatic rings. The van der Waals surface area contributed by atoms with E-state index < -0.39 is 0 Å². The number of rotatable bonds is 7. The van der Waals surface area contributed by atoms with E-state index in [0.717, 1.165) is 59.4 Å². The van der Waals surface area contributed by atoms with Crippen LogP contribution >= 0.6 is 23.5 Å². The van der Waals surface area contributed by atoms with Gasteiger partial charge in [-0.2, -0.15) is 10.1 Å². The van der Waals surface area contributed by atoms with Crippen molar-refractivity contribution in [2.45, 2.75) is 43.9 Å². The van der Waals surface area contributed by atoms with Crippen LogP contribution in [0.4, 0.5) is 0 Å². The van der Waals surface area contributed by atoms with Crippen molar-refractivity contribution in [3.05, 3.63) is 71.3 Å². The van der Waals surface area contributed by atoms with Gasteiger partial charge in [0.1, 0.15) is 0 Å². The molecule has 2 aromatic carbocycles. The Balaban J connectivity index is 1.45. The highest BCUT2D eigenvalue weighted by molar-refractivity contribution is 8.18. The first kappa shape index (κ1) is 23.9. The quantitative estimate of drug-likeness (QED) is 0.200. The van der Waals surface area contributed by atoms with Crippen molar-refractivity contribution in [2.75, 3.05) is 18.8 Å². The molecule has 0 saturated carbocycles. The predicted molar refractivity (Wildman–Crippen MR) is 148 cm³/mol. The van der Waals surface area contributed by atoms with Crippen LogP contribution in [-0.2, 0) is 4.79 Å². The maximum absolute atomic E-state index is 12.8. The minimum atomic E-state index is -0.156. The Morgan fingerprint density at radius 1 is 1.03 bits per heavy atom. The van der Waals surface area contributed by atoms with Gasteiger partial charge in [-0.1, -0.05) is 43.7 Å². The van der Waals surface area contributed by atoms with E-state index in [1.807, 2.05) is 59.0 Å². The zero-order chi connectivity index (χ0) is 24.0. The van der Waals surface area contributed by atoms with Gasteiger partial charge in [0.15, 0.2) is 5.17 Å². The SMILES string of the molecule is CCCCSc1ccc(-c2nn(-c3ccccc3)cc2C=C2SC(N3CCCCC3)=NC2=O)cc1. The number of thioether (sulfide) groups is 2. The van der Waals surface area contributed by atoms with Crippen LogP contribution in [-0.4, -0.2) is 44.6 Å². The molecule has 1 aromatic heterocycles. The Bertz CT molecular complexity index is 1230. The van der Waals surface area contributed by atoms with Gasteiger partial charge in [0.2, 0.25) is 0 Å². The Hall–Kier alpha value is -2.77.